The first-order valence-electron chi connectivity index (χ1n) is 5.12. The van der Waals surface area contributed by atoms with Gasteiger partial charge in [0, 0.05) is 0 Å². The molecule has 0 aliphatic heterocycles. The molecule has 0 unspecified atom stereocenters. The average Bonchev–Trinajstić information content (AvgIpc) is 2.24. The van der Waals surface area contributed by atoms with Crippen LogP contribution in [0.25, 0.3) is 0 Å². The lowest BCUT2D eigenvalue weighted by atomic mass is 10.2. The van der Waals surface area contributed by atoms with Gasteiger partial charge in [-0.25, -0.2) is 4.98 Å². The molecule has 0 N–H and O–H groups in total. The van der Waals surface area contributed by atoms with Gasteiger partial charge < -0.3 is 4.74 Å². The number of thioether (sulfide) groups is 1. The maximum atomic E-state index is 11.5. The number of rotatable bonds is 3. The van der Waals surface area contributed by atoms with E-state index in [1.54, 1.807) is 18.2 Å². The number of ether oxygens (including phenoxy) is 1. The summed E-state index contributed by atoms with van der Waals surface area (Å²) < 4.78 is 5.16. The number of nitrogens with zero attached hydrogens (tertiary/aromatic N) is 2. The Kier molecular flexibility index (Phi) is 4.53. The van der Waals surface area contributed by atoms with Crippen molar-refractivity contribution in [1.82, 2.24) is 4.98 Å². The van der Waals surface area contributed by atoms with Gasteiger partial charge >= 0.3 is 5.97 Å². The Labute approximate surface area is 105 Å². The summed E-state index contributed by atoms with van der Waals surface area (Å²) >= 11 is 1.26. The summed E-state index contributed by atoms with van der Waals surface area (Å²) in [6, 6.07) is 7.07. The fourth-order valence-electron chi connectivity index (χ4n) is 1.06. The summed E-state index contributed by atoms with van der Waals surface area (Å²) in [4.78, 5) is 15.5. The van der Waals surface area contributed by atoms with E-state index in [0.717, 1.165) is 0 Å². The van der Waals surface area contributed by atoms with Crippen LogP contribution in [-0.4, -0.2) is 22.3 Å². The van der Waals surface area contributed by atoms with Gasteiger partial charge in [-0.2, -0.15) is 5.26 Å². The number of pyridine rings is 1. The van der Waals surface area contributed by atoms with Gasteiger partial charge in [0.15, 0.2) is 0 Å². The van der Waals surface area contributed by atoms with Crippen LogP contribution in [0.5, 0.6) is 0 Å². The van der Waals surface area contributed by atoms with Gasteiger partial charge in [0.05, 0.1) is 10.8 Å². The Bertz CT molecular complexity index is 447. The number of aromatic nitrogens is 1. The highest BCUT2D eigenvalue weighted by Crippen LogP contribution is 2.17. The van der Waals surface area contributed by atoms with Gasteiger partial charge in [-0.1, -0.05) is 17.8 Å². The molecule has 0 saturated carbocycles. The van der Waals surface area contributed by atoms with Crippen LogP contribution in [0, 0.1) is 11.3 Å². The molecule has 1 aromatic rings. The van der Waals surface area contributed by atoms with E-state index >= 15 is 0 Å². The second-order valence-corrected chi connectivity index (χ2v) is 5.34. The SMILES string of the molecule is CC(C)(C)OC(=O)CSc1cccc(C#N)n1. The molecule has 0 amide bonds. The Morgan fingerprint density at radius 2 is 2.24 bits per heavy atom. The molecule has 0 radical (unpaired) electrons. The first kappa shape index (κ1) is 13.5. The van der Waals surface area contributed by atoms with Crippen LogP contribution in [0.4, 0.5) is 0 Å². The third kappa shape index (κ3) is 5.36. The molecule has 0 atom stereocenters. The maximum absolute atomic E-state index is 11.5. The van der Waals surface area contributed by atoms with Crippen LogP contribution >= 0.6 is 11.8 Å². The van der Waals surface area contributed by atoms with E-state index in [0.29, 0.717) is 10.7 Å². The molecule has 0 aromatic carbocycles. The van der Waals surface area contributed by atoms with Gasteiger partial charge in [-0.15, -0.1) is 0 Å². The van der Waals surface area contributed by atoms with Crippen molar-refractivity contribution in [3.63, 3.8) is 0 Å². The molecule has 0 bridgehead atoms. The summed E-state index contributed by atoms with van der Waals surface area (Å²) in [6.45, 7) is 5.47. The molecule has 4 nitrogen and oxygen atoms in total. The van der Waals surface area contributed by atoms with Gasteiger partial charge in [-0.3, -0.25) is 4.79 Å². The van der Waals surface area contributed by atoms with Crippen molar-refractivity contribution in [3.05, 3.63) is 23.9 Å². The minimum Gasteiger partial charge on any atom is -0.459 e. The predicted octanol–water partition coefficient (Wildman–Crippen LogP) is 2.39. The lowest BCUT2D eigenvalue weighted by Crippen LogP contribution is -2.24. The normalized spacial score (nSPS) is 10.7. The highest BCUT2D eigenvalue weighted by molar-refractivity contribution is 7.99. The van der Waals surface area contributed by atoms with Crippen LogP contribution in [0.1, 0.15) is 26.5 Å². The van der Waals surface area contributed by atoms with Gasteiger partial charge in [0.2, 0.25) is 0 Å². The van der Waals surface area contributed by atoms with Crippen molar-refractivity contribution in [2.45, 2.75) is 31.4 Å². The van der Waals surface area contributed by atoms with Crippen LogP contribution in [0.2, 0.25) is 0 Å². The molecule has 0 fully saturated rings. The van der Waals surface area contributed by atoms with E-state index in [-0.39, 0.29) is 11.7 Å². The standard InChI is InChI=1S/C12H14N2O2S/c1-12(2,3)16-11(15)8-17-10-6-4-5-9(7-13)14-10/h4-6H,8H2,1-3H3. The molecule has 1 aromatic heterocycles. The van der Waals surface area contributed by atoms with E-state index in [4.69, 9.17) is 10.00 Å². The highest BCUT2D eigenvalue weighted by atomic mass is 32.2. The zero-order chi connectivity index (χ0) is 12.9. The highest BCUT2D eigenvalue weighted by Gasteiger charge is 2.16. The van der Waals surface area contributed by atoms with Crippen LogP contribution in [-0.2, 0) is 9.53 Å². The quantitative estimate of drug-likeness (QED) is 0.609. The minimum absolute atomic E-state index is 0.194. The smallest absolute Gasteiger partial charge is 0.316 e. The van der Waals surface area contributed by atoms with Crippen LogP contribution in [0.3, 0.4) is 0 Å². The summed E-state index contributed by atoms with van der Waals surface area (Å²) in [5.41, 5.74) is -0.126. The van der Waals surface area contributed by atoms with E-state index < -0.39 is 5.60 Å². The molecule has 0 aliphatic carbocycles. The Morgan fingerprint density at radius 3 is 2.82 bits per heavy atom. The zero-order valence-corrected chi connectivity index (χ0v) is 10.9. The van der Waals surface area contributed by atoms with Crippen molar-refractivity contribution >= 4 is 17.7 Å². The maximum Gasteiger partial charge on any atom is 0.316 e. The predicted molar refractivity (Wildman–Crippen MR) is 65.5 cm³/mol. The molecular weight excluding hydrogens is 236 g/mol. The average molecular weight is 250 g/mol. The Hall–Kier alpha value is -1.54. The van der Waals surface area contributed by atoms with E-state index in [2.05, 4.69) is 4.98 Å². The lowest BCUT2D eigenvalue weighted by molar-refractivity contribution is -0.151. The zero-order valence-electron chi connectivity index (χ0n) is 10.1. The first-order valence-corrected chi connectivity index (χ1v) is 6.11. The topological polar surface area (TPSA) is 63.0 Å². The minimum atomic E-state index is -0.473. The van der Waals surface area contributed by atoms with Crippen molar-refractivity contribution in [2.75, 3.05) is 5.75 Å². The molecule has 17 heavy (non-hydrogen) atoms. The third-order valence-corrected chi connectivity index (χ3v) is 2.50. The number of carbonyl (C=O) groups is 1. The Morgan fingerprint density at radius 1 is 1.53 bits per heavy atom. The van der Waals surface area contributed by atoms with Crippen molar-refractivity contribution < 1.29 is 9.53 Å². The fourth-order valence-corrected chi connectivity index (χ4v) is 1.72. The molecule has 1 heterocycles. The second-order valence-electron chi connectivity index (χ2n) is 4.35. The molecule has 0 saturated heterocycles. The van der Waals surface area contributed by atoms with E-state index in [1.165, 1.54) is 11.8 Å². The van der Waals surface area contributed by atoms with Gasteiger partial charge in [0.25, 0.3) is 0 Å². The lowest BCUT2D eigenvalue weighted by Gasteiger charge is -2.19. The van der Waals surface area contributed by atoms with Crippen molar-refractivity contribution in [1.29, 1.82) is 5.26 Å². The summed E-state index contributed by atoms with van der Waals surface area (Å²) in [6.07, 6.45) is 0. The molecule has 1 rings (SSSR count). The molecule has 5 heteroatoms. The van der Waals surface area contributed by atoms with Crippen LogP contribution in [0.15, 0.2) is 23.2 Å². The number of esters is 1. The van der Waals surface area contributed by atoms with E-state index in [9.17, 15) is 4.79 Å². The van der Waals surface area contributed by atoms with Gasteiger partial charge in [0.1, 0.15) is 17.4 Å². The number of nitriles is 1. The monoisotopic (exact) mass is 250 g/mol. The summed E-state index contributed by atoms with van der Waals surface area (Å²) in [5.74, 6) is -0.0919. The largest absolute Gasteiger partial charge is 0.459 e. The summed E-state index contributed by atoms with van der Waals surface area (Å²) in [5, 5.41) is 9.33. The Balaban J connectivity index is 2.51. The number of carbonyl (C=O) groups excluding carboxylic acids is 1. The van der Waals surface area contributed by atoms with E-state index in [1.807, 2.05) is 26.8 Å². The molecular formula is C12H14N2O2S. The summed E-state index contributed by atoms with van der Waals surface area (Å²) in [7, 11) is 0. The number of hydrogen-bond acceptors (Lipinski definition) is 5. The first-order chi connectivity index (χ1) is 7.90. The molecule has 90 valence electrons. The fraction of sp³-hybridized carbons (Fsp3) is 0.417. The van der Waals surface area contributed by atoms with Crippen molar-refractivity contribution in [2.24, 2.45) is 0 Å². The van der Waals surface area contributed by atoms with Gasteiger partial charge in [-0.05, 0) is 32.9 Å². The molecule has 0 aliphatic rings. The number of hydrogen-bond donors (Lipinski definition) is 0. The molecule has 0 spiro atoms. The third-order valence-electron chi connectivity index (χ3n) is 1.60. The second kappa shape index (κ2) is 5.69. The van der Waals surface area contributed by atoms with Crippen molar-refractivity contribution in [3.8, 4) is 6.07 Å². The van der Waals surface area contributed by atoms with Crippen LogP contribution < -0.4 is 0 Å².